The predicted octanol–water partition coefficient (Wildman–Crippen LogP) is 11.4. The van der Waals surface area contributed by atoms with Gasteiger partial charge in [0.25, 0.3) is 0 Å². The van der Waals surface area contributed by atoms with Crippen molar-refractivity contribution in [3.8, 4) is 22.9 Å². The quantitative estimate of drug-likeness (QED) is 0.144. The molecule has 6 rings (SSSR count). The van der Waals surface area contributed by atoms with E-state index in [0.717, 1.165) is 102 Å². The summed E-state index contributed by atoms with van der Waals surface area (Å²) in [7, 11) is -3.40. The second kappa shape index (κ2) is 11.2. The first kappa shape index (κ1) is 28.4. The fourth-order valence-corrected chi connectivity index (χ4v) is 11.5. The minimum Gasteiger partial charge on any atom is -0.455 e. The molecule has 0 saturated carbocycles. The summed E-state index contributed by atoms with van der Waals surface area (Å²) < 4.78 is 13.3. The lowest BCUT2D eigenvalue weighted by Crippen LogP contribution is -2.29. The van der Waals surface area contributed by atoms with E-state index in [-0.39, 0.29) is 0 Å². The highest BCUT2D eigenvalue weighted by atomic mass is 28.3. The average Bonchev–Trinajstić information content (AvgIpc) is 3.61. The van der Waals surface area contributed by atoms with Gasteiger partial charge in [-0.05, 0) is 60.5 Å². The zero-order valence-corrected chi connectivity index (χ0v) is 27.8. The van der Waals surface area contributed by atoms with Gasteiger partial charge in [-0.3, -0.25) is 0 Å². The largest absolute Gasteiger partial charge is 0.455 e. The third-order valence-electron chi connectivity index (χ3n) is 10.1. The van der Waals surface area contributed by atoms with Crippen LogP contribution < -0.4 is 0 Å². The molecule has 0 radical (unpaired) electrons. The summed E-state index contributed by atoms with van der Waals surface area (Å²) in [5.41, 5.74) is 13.4. The fourth-order valence-electron chi connectivity index (χ4n) is 6.59. The Morgan fingerprint density at radius 1 is 0.500 bits per heavy atom. The van der Waals surface area contributed by atoms with Gasteiger partial charge in [-0.15, -0.1) is 11.1 Å². The van der Waals surface area contributed by atoms with E-state index in [1.165, 1.54) is 0 Å². The zero-order valence-electron chi connectivity index (χ0n) is 25.8. The first-order valence-corrected chi connectivity index (χ1v) is 21.0. The van der Waals surface area contributed by atoms with Gasteiger partial charge >= 0.3 is 0 Å². The smallest absolute Gasteiger partial charge is 0.144 e. The minimum atomic E-state index is -1.70. The second-order valence-corrected chi connectivity index (χ2v) is 21.6. The molecule has 0 atom stereocenters. The number of para-hydroxylation sites is 2. The lowest BCUT2D eigenvalue weighted by Gasteiger charge is -2.20. The van der Waals surface area contributed by atoms with Crippen molar-refractivity contribution < 1.29 is 8.83 Å². The van der Waals surface area contributed by atoms with Gasteiger partial charge in [-0.1, -0.05) is 89.8 Å². The molecular weight excluding hydrogens is 545 g/mol. The summed E-state index contributed by atoms with van der Waals surface area (Å²) in [6, 6.07) is 28.2. The highest BCUT2D eigenvalue weighted by Crippen LogP contribution is 2.43. The van der Waals surface area contributed by atoms with Gasteiger partial charge in [0, 0.05) is 43.4 Å². The van der Waals surface area contributed by atoms with Crippen LogP contribution in [0.2, 0.25) is 36.3 Å². The van der Waals surface area contributed by atoms with Crippen molar-refractivity contribution in [1.82, 2.24) is 0 Å². The normalized spacial score (nSPS) is 12.2. The number of benzene rings is 4. The molecule has 0 aliphatic rings. The molecule has 0 N–H and O–H groups in total. The van der Waals surface area contributed by atoms with Crippen LogP contribution in [-0.4, -0.2) is 16.1 Å². The van der Waals surface area contributed by atoms with E-state index in [0.29, 0.717) is 0 Å². The van der Waals surface area contributed by atoms with E-state index in [9.17, 15) is 0 Å². The van der Waals surface area contributed by atoms with E-state index in [1.807, 2.05) is 12.1 Å². The molecule has 0 unspecified atom stereocenters. The predicted molar refractivity (Wildman–Crippen MR) is 187 cm³/mol. The molecule has 4 aromatic carbocycles. The van der Waals surface area contributed by atoms with Crippen LogP contribution >= 0.6 is 0 Å². The molecule has 0 aliphatic heterocycles. The summed E-state index contributed by atoms with van der Waals surface area (Å²) in [4.78, 5) is 0. The SMILES string of the molecule is CC[Si](C#Cc1cc2c3ccccc3oc2c2c(C#C[Si](CC)(CC)CC)cc3c4ccccc4oc3c12)(CC)CC. The Hall–Kier alpha value is -3.71. The number of fused-ring (bicyclic) bond motifs is 9. The molecule has 4 heteroatoms. The number of furan rings is 2. The molecule has 0 bridgehead atoms. The van der Waals surface area contributed by atoms with Crippen molar-refractivity contribution in [2.24, 2.45) is 0 Å². The molecule has 6 aromatic rings. The van der Waals surface area contributed by atoms with Crippen molar-refractivity contribution in [3.05, 3.63) is 71.8 Å². The summed E-state index contributed by atoms with van der Waals surface area (Å²) >= 11 is 0. The van der Waals surface area contributed by atoms with Gasteiger partial charge < -0.3 is 8.83 Å². The van der Waals surface area contributed by atoms with Crippen LogP contribution in [0.1, 0.15) is 52.7 Å². The monoisotopic (exact) mass is 584 g/mol. The Kier molecular flexibility index (Phi) is 7.56. The maximum Gasteiger partial charge on any atom is 0.144 e. The molecule has 42 heavy (non-hydrogen) atoms. The molecule has 0 spiro atoms. The summed E-state index contributed by atoms with van der Waals surface area (Å²) in [5.74, 6) is 7.54. The molecule has 2 nitrogen and oxygen atoms in total. The first-order valence-electron chi connectivity index (χ1n) is 15.7. The number of hydrogen-bond acceptors (Lipinski definition) is 2. The van der Waals surface area contributed by atoms with Gasteiger partial charge in [0.05, 0.1) is 0 Å². The fraction of sp³-hybridized carbons (Fsp3) is 0.316. The van der Waals surface area contributed by atoms with E-state index >= 15 is 0 Å². The maximum absolute atomic E-state index is 6.67. The maximum atomic E-state index is 6.67. The minimum absolute atomic E-state index is 0.880. The number of rotatable bonds is 6. The highest BCUT2D eigenvalue weighted by molar-refractivity contribution is 6.87. The molecule has 0 amide bonds. The topological polar surface area (TPSA) is 26.3 Å². The van der Waals surface area contributed by atoms with Crippen LogP contribution in [0, 0.1) is 22.9 Å². The lowest BCUT2D eigenvalue weighted by molar-refractivity contribution is 0.669. The molecule has 2 aromatic heterocycles. The van der Waals surface area contributed by atoms with E-state index < -0.39 is 16.1 Å². The van der Waals surface area contributed by atoms with Crippen LogP contribution in [0.25, 0.3) is 54.6 Å². The van der Waals surface area contributed by atoms with Gasteiger partial charge in [0.1, 0.15) is 38.5 Å². The van der Waals surface area contributed by atoms with E-state index in [1.54, 1.807) is 0 Å². The van der Waals surface area contributed by atoms with Crippen molar-refractivity contribution >= 4 is 70.8 Å². The summed E-state index contributed by atoms with van der Waals surface area (Å²) in [6.45, 7) is 13.9. The average molecular weight is 585 g/mol. The van der Waals surface area contributed by atoms with E-state index in [2.05, 4.69) is 113 Å². The van der Waals surface area contributed by atoms with Crippen LogP contribution in [0.5, 0.6) is 0 Å². The van der Waals surface area contributed by atoms with Crippen molar-refractivity contribution in [3.63, 3.8) is 0 Å². The van der Waals surface area contributed by atoms with Crippen molar-refractivity contribution in [2.45, 2.75) is 77.8 Å². The molecular formula is C38H40O2Si2. The van der Waals surface area contributed by atoms with Crippen LogP contribution in [0.3, 0.4) is 0 Å². The molecule has 212 valence electrons. The van der Waals surface area contributed by atoms with Gasteiger partial charge in [-0.25, -0.2) is 0 Å². The molecule has 0 fully saturated rings. The summed E-state index contributed by atoms with van der Waals surface area (Å²) in [6.07, 6.45) is 0. The second-order valence-electron chi connectivity index (χ2n) is 11.7. The van der Waals surface area contributed by atoms with Gasteiger partial charge in [-0.2, -0.15) is 0 Å². The third kappa shape index (κ3) is 4.49. The van der Waals surface area contributed by atoms with Crippen LogP contribution in [0.4, 0.5) is 0 Å². The standard InChI is InChI=1S/C38H40O2Si2/c1-7-41(8-2,9-3)23-21-27-25-31-29-17-13-15-19-33(29)40-38(31)36-28(22-24-42(10-4,11-5)12-6)26-32-30-18-14-16-20-34(30)39-37(32)35(27)36/h13-20,25-26H,7-12H2,1-6H3. The Bertz CT molecular complexity index is 1910. The first-order chi connectivity index (χ1) is 20.5. The zero-order chi connectivity index (χ0) is 29.5. The Morgan fingerprint density at radius 3 is 1.21 bits per heavy atom. The molecule has 0 aliphatic carbocycles. The number of hydrogen-bond donors (Lipinski definition) is 0. The molecule has 2 heterocycles. The Labute approximate surface area is 251 Å². The third-order valence-corrected chi connectivity index (χ3v) is 19.5. The van der Waals surface area contributed by atoms with E-state index in [4.69, 9.17) is 8.83 Å². The van der Waals surface area contributed by atoms with Crippen LogP contribution in [0.15, 0.2) is 69.5 Å². The molecule has 0 saturated heterocycles. The van der Waals surface area contributed by atoms with Gasteiger partial charge in [0.2, 0.25) is 0 Å². The van der Waals surface area contributed by atoms with Crippen molar-refractivity contribution in [2.75, 3.05) is 0 Å². The highest BCUT2D eigenvalue weighted by Gasteiger charge is 2.27. The van der Waals surface area contributed by atoms with Crippen molar-refractivity contribution in [1.29, 1.82) is 0 Å². The Balaban J connectivity index is 1.84. The Morgan fingerprint density at radius 2 is 0.857 bits per heavy atom. The summed E-state index contributed by atoms with van der Waals surface area (Å²) in [5, 5.41) is 6.51. The van der Waals surface area contributed by atoms with Gasteiger partial charge in [0.15, 0.2) is 0 Å². The van der Waals surface area contributed by atoms with Crippen LogP contribution in [-0.2, 0) is 0 Å². The lowest BCUT2D eigenvalue weighted by atomic mass is 9.94.